The summed E-state index contributed by atoms with van der Waals surface area (Å²) in [6, 6.07) is 4.80. The number of carbonyl (C=O) groups excluding carboxylic acids is 2. The average Bonchev–Trinajstić information content (AvgIpc) is 2.73. The number of hydrogen-bond donors (Lipinski definition) is 1. The molecular weight excluding hydrogens is 357 g/mol. The van der Waals surface area contributed by atoms with Crippen LogP contribution in [-0.4, -0.2) is 42.4 Å². The lowest BCUT2D eigenvalue weighted by atomic mass is 9.94. The second-order valence-electron chi connectivity index (χ2n) is 8.01. The number of anilines is 2. The molecule has 0 radical (unpaired) electrons. The first kappa shape index (κ1) is 20.6. The summed E-state index contributed by atoms with van der Waals surface area (Å²) in [6.45, 7) is 2.42. The van der Waals surface area contributed by atoms with E-state index in [2.05, 4.69) is 5.32 Å². The van der Waals surface area contributed by atoms with Gasteiger partial charge in [-0.2, -0.15) is 0 Å². The Bertz CT molecular complexity index is 703. The fraction of sp³-hybridized carbons (Fsp3) is 0.636. The van der Waals surface area contributed by atoms with E-state index in [1.807, 2.05) is 18.9 Å². The average molecular weight is 390 g/mol. The molecule has 2 fully saturated rings. The highest BCUT2D eigenvalue weighted by atomic mass is 19.1. The van der Waals surface area contributed by atoms with Crippen LogP contribution in [0, 0.1) is 5.82 Å². The number of likely N-dealkylation sites (tertiary alicyclic amines) is 1. The van der Waals surface area contributed by atoms with Gasteiger partial charge in [-0.25, -0.2) is 4.39 Å². The zero-order valence-electron chi connectivity index (χ0n) is 17.0. The predicted octanol–water partition coefficient (Wildman–Crippen LogP) is 4.32. The lowest BCUT2D eigenvalue weighted by Gasteiger charge is -2.35. The molecule has 5 nitrogen and oxygen atoms in total. The molecule has 1 N–H and O–H groups in total. The highest BCUT2D eigenvalue weighted by molar-refractivity contribution is 5.97. The second-order valence-corrected chi connectivity index (χ2v) is 8.01. The molecule has 1 atom stereocenters. The van der Waals surface area contributed by atoms with Crippen LogP contribution in [0.3, 0.4) is 0 Å². The molecule has 1 aromatic rings. The summed E-state index contributed by atoms with van der Waals surface area (Å²) < 4.78 is 14.8. The highest BCUT2D eigenvalue weighted by Gasteiger charge is 2.31. The fourth-order valence-electron chi connectivity index (χ4n) is 4.47. The Labute approximate surface area is 167 Å². The van der Waals surface area contributed by atoms with Crippen molar-refractivity contribution in [2.45, 2.75) is 76.8 Å². The largest absolute Gasteiger partial charge is 0.369 e. The number of piperidine rings is 1. The van der Waals surface area contributed by atoms with Crippen molar-refractivity contribution in [3.05, 3.63) is 24.0 Å². The summed E-state index contributed by atoms with van der Waals surface area (Å²) in [4.78, 5) is 28.6. The monoisotopic (exact) mass is 389 g/mol. The van der Waals surface area contributed by atoms with Gasteiger partial charge in [0.25, 0.3) is 0 Å². The molecule has 154 valence electrons. The molecule has 1 unspecified atom stereocenters. The number of nitrogens with zero attached hydrogens (tertiary/aromatic N) is 2. The van der Waals surface area contributed by atoms with E-state index in [-0.39, 0.29) is 17.6 Å². The summed E-state index contributed by atoms with van der Waals surface area (Å²) in [5.41, 5.74) is 1.02. The molecule has 1 aromatic carbocycles. The lowest BCUT2D eigenvalue weighted by molar-refractivity contribution is -0.140. The molecule has 3 rings (SSSR count). The van der Waals surface area contributed by atoms with Gasteiger partial charge < -0.3 is 15.1 Å². The van der Waals surface area contributed by atoms with Crippen LogP contribution >= 0.6 is 0 Å². The number of amides is 2. The molecule has 6 heteroatoms. The molecule has 2 aliphatic rings. The van der Waals surface area contributed by atoms with E-state index in [4.69, 9.17) is 0 Å². The standard InChI is InChI=1S/C22H32FN3O2/c1-3-21(27)26-14-8-7-11-20(26)22(28)24-16-12-13-19(18(23)15-16)25(2)17-9-5-4-6-10-17/h12-13,15,17,20H,3-11,14H2,1-2H3,(H,24,28). The lowest BCUT2D eigenvalue weighted by Crippen LogP contribution is -2.49. The van der Waals surface area contributed by atoms with E-state index in [1.54, 1.807) is 17.0 Å². The molecule has 1 heterocycles. The van der Waals surface area contributed by atoms with Gasteiger partial charge >= 0.3 is 0 Å². The minimum atomic E-state index is -0.464. The third-order valence-corrected chi connectivity index (χ3v) is 6.15. The number of rotatable bonds is 5. The zero-order chi connectivity index (χ0) is 20.1. The first-order chi connectivity index (χ1) is 13.5. The number of hydrogen-bond acceptors (Lipinski definition) is 3. The quantitative estimate of drug-likeness (QED) is 0.816. The normalized spacial score (nSPS) is 20.7. The molecule has 1 saturated carbocycles. The number of nitrogens with one attached hydrogen (secondary N) is 1. The fourth-order valence-corrected chi connectivity index (χ4v) is 4.47. The van der Waals surface area contributed by atoms with Gasteiger partial charge in [-0.3, -0.25) is 9.59 Å². The minimum Gasteiger partial charge on any atom is -0.369 e. The van der Waals surface area contributed by atoms with Gasteiger partial charge in [-0.15, -0.1) is 0 Å². The summed E-state index contributed by atoms with van der Waals surface area (Å²) in [5, 5.41) is 2.82. The molecule has 2 amide bonds. The van der Waals surface area contributed by atoms with Crippen LogP contribution in [0.2, 0.25) is 0 Å². The third-order valence-electron chi connectivity index (χ3n) is 6.15. The third kappa shape index (κ3) is 4.65. The first-order valence-corrected chi connectivity index (χ1v) is 10.6. The number of benzene rings is 1. The number of halogens is 1. The van der Waals surface area contributed by atoms with Gasteiger partial charge in [0.2, 0.25) is 11.8 Å². The second kappa shape index (κ2) is 9.39. The van der Waals surface area contributed by atoms with E-state index in [0.29, 0.717) is 36.8 Å². The van der Waals surface area contributed by atoms with Crippen LogP contribution in [0.4, 0.5) is 15.8 Å². The molecule has 1 aliphatic carbocycles. The van der Waals surface area contributed by atoms with Crippen molar-refractivity contribution in [1.29, 1.82) is 0 Å². The van der Waals surface area contributed by atoms with E-state index >= 15 is 0 Å². The first-order valence-electron chi connectivity index (χ1n) is 10.6. The Morgan fingerprint density at radius 2 is 1.86 bits per heavy atom. The predicted molar refractivity (Wildman–Crippen MR) is 110 cm³/mol. The molecule has 0 spiro atoms. The Morgan fingerprint density at radius 1 is 1.14 bits per heavy atom. The highest BCUT2D eigenvalue weighted by Crippen LogP contribution is 2.29. The van der Waals surface area contributed by atoms with Crippen LogP contribution in [-0.2, 0) is 9.59 Å². The van der Waals surface area contributed by atoms with Gasteiger partial charge in [-0.05, 0) is 50.3 Å². The van der Waals surface area contributed by atoms with Crippen LogP contribution < -0.4 is 10.2 Å². The number of carbonyl (C=O) groups is 2. The minimum absolute atomic E-state index is 0.00418. The molecule has 28 heavy (non-hydrogen) atoms. The van der Waals surface area contributed by atoms with Crippen LogP contribution in [0.5, 0.6) is 0 Å². The van der Waals surface area contributed by atoms with Gasteiger partial charge in [0.1, 0.15) is 11.9 Å². The Hall–Kier alpha value is -2.11. The van der Waals surface area contributed by atoms with Crippen LogP contribution in [0.15, 0.2) is 18.2 Å². The van der Waals surface area contributed by atoms with Crippen LogP contribution in [0.1, 0.15) is 64.7 Å². The summed E-state index contributed by atoms with van der Waals surface area (Å²) >= 11 is 0. The summed E-state index contributed by atoms with van der Waals surface area (Å²) in [6.07, 6.45) is 8.73. The van der Waals surface area contributed by atoms with Crippen molar-refractivity contribution in [1.82, 2.24) is 4.90 Å². The van der Waals surface area contributed by atoms with Crippen molar-refractivity contribution in [3.8, 4) is 0 Å². The van der Waals surface area contributed by atoms with Crippen molar-refractivity contribution >= 4 is 23.2 Å². The molecule has 0 aromatic heterocycles. The summed E-state index contributed by atoms with van der Waals surface area (Å²) in [5.74, 6) is -0.555. The topological polar surface area (TPSA) is 52.7 Å². The van der Waals surface area contributed by atoms with E-state index in [0.717, 1.165) is 25.7 Å². The zero-order valence-corrected chi connectivity index (χ0v) is 17.0. The maximum absolute atomic E-state index is 14.8. The van der Waals surface area contributed by atoms with E-state index in [9.17, 15) is 14.0 Å². The summed E-state index contributed by atoms with van der Waals surface area (Å²) in [7, 11) is 1.95. The maximum atomic E-state index is 14.8. The smallest absolute Gasteiger partial charge is 0.247 e. The van der Waals surface area contributed by atoms with Crippen molar-refractivity contribution in [2.75, 3.05) is 23.8 Å². The van der Waals surface area contributed by atoms with Crippen molar-refractivity contribution < 1.29 is 14.0 Å². The molecule has 0 bridgehead atoms. The molecule has 1 saturated heterocycles. The van der Waals surface area contributed by atoms with Gasteiger partial charge in [0, 0.05) is 31.7 Å². The van der Waals surface area contributed by atoms with E-state index in [1.165, 1.54) is 25.3 Å². The van der Waals surface area contributed by atoms with E-state index < -0.39 is 6.04 Å². The van der Waals surface area contributed by atoms with Crippen LogP contribution in [0.25, 0.3) is 0 Å². The van der Waals surface area contributed by atoms with Crippen molar-refractivity contribution in [2.24, 2.45) is 0 Å². The van der Waals surface area contributed by atoms with Gasteiger partial charge in [0.05, 0.1) is 5.69 Å². The Morgan fingerprint density at radius 3 is 2.54 bits per heavy atom. The Kier molecular flexibility index (Phi) is 6.92. The Balaban J connectivity index is 1.67. The van der Waals surface area contributed by atoms with Gasteiger partial charge in [0.15, 0.2) is 0 Å². The molecular formula is C22H32FN3O2. The molecule has 1 aliphatic heterocycles. The van der Waals surface area contributed by atoms with Gasteiger partial charge in [-0.1, -0.05) is 26.2 Å². The SMILES string of the molecule is CCC(=O)N1CCCCC1C(=O)Nc1ccc(N(C)C2CCCCC2)c(F)c1. The maximum Gasteiger partial charge on any atom is 0.247 e. The van der Waals surface area contributed by atoms with Crippen molar-refractivity contribution in [3.63, 3.8) is 0 Å².